The van der Waals surface area contributed by atoms with Gasteiger partial charge in [-0.2, -0.15) is 0 Å². The van der Waals surface area contributed by atoms with Crippen molar-refractivity contribution in [1.82, 2.24) is 10.6 Å². The zero-order valence-corrected chi connectivity index (χ0v) is 28.4. The molecule has 4 atom stereocenters. The highest BCUT2D eigenvalue weighted by molar-refractivity contribution is 9.10. The smallest absolute Gasteiger partial charge is 0.257 e. The van der Waals surface area contributed by atoms with E-state index in [0.29, 0.717) is 11.1 Å². The van der Waals surface area contributed by atoms with Gasteiger partial charge in [-0.1, -0.05) is 56.1 Å². The van der Waals surface area contributed by atoms with Crippen LogP contribution in [0.25, 0.3) is 0 Å². The molecule has 2 amide bonds. The zero-order chi connectivity index (χ0) is 34.3. The van der Waals surface area contributed by atoms with Crippen molar-refractivity contribution in [3.05, 3.63) is 138 Å². The van der Waals surface area contributed by atoms with Crippen LogP contribution in [0, 0.1) is 37.1 Å². The molecule has 0 heterocycles. The van der Waals surface area contributed by atoms with Gasteiger partial charge in [-0.25, -0.2) is 17.6 Å². The molecule has 0 spiro atoms. The second kappa shape index (κ2) is 16.3. The summed E-state index contributed by atoms with van der Waals surface area (Å²) in [6.45, 7) is 6.66. The van der Waals surface area contributed by atoms with E-state index in [1.54, 1.807) is 24.3 Å². The predicted octanol–water partition coefficient (Wildman–Crippen LogP) is 7.78. The Morgan fingerprint density at radius 3 is 1.17 bits per heavy atom. The number of hydrogen-bond donors (Lipinski definition) is 4. The average Bonchev–Trinajstić information content (AvgIpc) is 2.95. The molecule has 4 aromatic carbocycles. The number of rotatable bonds is 8. The minimum atomic E-state index is -0.945. The van der Waals surface area contributed by atoms with Crippen molar-refractivity contribution >= 4 is 43.7 Å². The van der Waals surface area contributed by atoms with Gasteiger partial charge in [-0.15, -0.1) is 0 Å². The summed E-state index contributed by atoms with van der Waals surface area (Å²) in [6.07, 6.45) is -1.87. The van der Waals surface area contributed by atoms with E-state index in [-0.39, 0.29) is 0 Å². The van der Waals surface area contributed by atoms with Crippen LogP contribution < -0.4 is 10.6 Å². The topological polar surface area (TPSA) is 98.7 Å². The van der Waals surface area contributed by atoms with Gasteiger partial charge in [0.2, 0.25) is 0 Å². The molecule has 244 valence electrons. The highest BCUT2D eigenvalue weighted by Gasteiger charge is 2.26. The number of nitrogens with one attached hydrogen (secondary N) is 2. The molecule has 0 bridgehead atoms. The summed E-state index contributed by atoms with van der Waals surface area (Å²) in [4.78, 5) is 24.5. The Bertz CT molecular complexity index is 1550. The lowest BCUT2D eigenvalue weighted by Gasteiger charge is -2.24. The van der Waals surface area contributed by atoms with Gasteiger partial charge in [0.25, 0.3) is 11.8 Å². The van der Waals surface area contributed by atoms with E-state index in [2.05, 4.69) is 42.5 Å². The predicted molar refractivity (Wildman–Crippen MR) is 174 cm³/mol. The van der Waals surface area contributed by atoms with Gasteiger partial charge in [0.15, 0.2) is 0 Å². The SMILES string of the molecule is Cc1cc(Br)ccc1[C@@H](NC(=O)c1c(F)cccc1F)[C@@H](C)O.Cc1cc(Br)ccc1[C@H](NC(=O)c1c(F)cccc1F)[C@H](C)O. The van der Waals surface area contributed by atoms with Gasteiger partial charge in [-0.3, -0.25) is 9.59 Å². The van der Waals surface area contributed by atoms with Crippen LogP contribution in [-0.4, -0.2) is 34.2 Å². The molecule has 0 unspecified atom stereocenters. The van der Waals surface area contributed by atoms with E-state index in [0.717, 1.165) is 44.3 Å². The third-order valence-corrected chi connectivity index (χ3v) is 8.04. The maximum Gasteiger partial charge on any atom is 0.257 e. The van der Waals surface area contributed by atoms with E-state index in [9.17, 15) is 37.4 Å². The Kier molecular flexibility index (Phi) is 13.1. The average molecular weight is 768 g/mol. The quantitative estimate of drug-likeness (QED) is 0.138. The number of hydrogen-bond acceptors (Lipinski definition) is 4. The van der Waals surface area contributed by atoms with Crippen molar-refractivity contribution in [2.45, 2.75) is 52.0 Å². The number of aryl methyl sites for hydroxylation is 2. The summed E-state index contributed by atoms with van der Waals surface area (Å²) >= 11 is 6.68. The van der Waals surface area contributed by atoms with Gasteiger partial charge in [-0.05, 0) is 98.5 Å². The molecule has 4 rings (SSSR count). The molecular weight excluding hydrogens is 736 g/mol. The van der Waals surface area contributed by atoms with Crippen LogP contribution in [0.15, 0.2) is 81.7 Å². The summed E-state index contributed by atoms with van der Waals surface area (Å²) in [7, 11) is 0. The summed E-state index contributed by atoms with van der Waals surface area (Å²) in [5, 5.41) is 25.0. The van der Waals surface area contributed by atoms with Crippen LogP contribution in [0.5, 0.6) is 0 Å². The second-order valence-electron chi connectivity index (χ2n) is 10.6. The van der Waals surface area contributed by atoms with Gasteiger partial charge in [0.1, 0.15) is 34.4 Å². The first kappa shape index (κ1) is 36.9. The molecule has 0 saturated heterocycles. The molecule has 0 aromatic heterocycles. The van der Waals surface area contributed by atoms with Crippen molar-refractivity contribution in [3.63, 3.8) is 0 Å². The number of carbonyl (C=O) groups excluding carboxylic acids is 2. The zero-order valence-electron chi connectivity index (χ0n) is 25.2. The Hall–Kier alpha value is -3.58. The Balaban J connectivity index is 0.000000250. The van der Waals surface area contributed by atoms with Gasteiger partial charge >= 0.3 is 0 Å². The lowest BCUT2D eigenvalue weighted by atomic mass is 9.97. The maximum atomic E-state index is 13.7. The molecule has 12 heteroatoms. The first-order chi connectivity index (χ1) is 21.6. The number of amides is 2. The molecule has 0 radical (unpaired) electrons. The highest BCUT2D eigenvalue weighted by Crippen LogP contribution is 2.27. The van der Waals surface area contributed by atoms with Gasteiger partial charge < -0.3 is 20.8 Å². The van der Waals surface area contributed by atoms with E-state index >= 15 is 0 Å². The first-order valence-corrected chi connectivity index (χ1v) is 15.6. The number of halogens is 6. The molecule has 6 nitrogen and oxygen atoms in total. The van der Waals surface area contributed by atoms with Crippen molar-refractivity contribution in [2.24, 2.45) is 0 Å². The molecule has 0 aliphatic heterocycles. The second-order valence-corrected chi connectivity index (χ2v) is 12.4. The molecule has 0 fully saturated rings. The van der Waals surface area contributed by atoms with E-state index < -0.39 is 70.5 Å². The molecule has 0 saturated carbocycles. The van der Waals surface area contributed by atoms with E-state index in [1.807, 2.05) is 26.0 Å². The number of carbonyl (C=O) groups is 2. The van der Waals surface area contributed by atoms with Crippen LogP contribution in [0.2, 0.25) is 0 Å². The van der Waals surface area contributed by atoms with Crippen LogP contribution in [0.3, 0.4) is 0 Å². The van der Waals surface area contributed by atoms with Crippen LogP contribution in [-0.2, 0) is 0 Å². The normalized spacial score (nSPS) is 13.5. The summed E-state index contributed by atoms with van der Waals surface area (Å²) in [5.74, 6) is -5.60. The van der Waals surface area contributed by atoms with Gasteiger partial charge in [0.05, 0.1) is 24.3 Å². The monoisotopic (exact) mass is 766 g/mol. The Morgan fingerprint density at radius 2 is 0.913 bits per heavy atom. The lowest BCUT2D eigenvalue weighted by molar-refractivity contribution is 0.0844. The van der Waals surface area contributed by atoms with E-state index in [4.69, 9.17) is 0 Å². The fourth-order valence-corrected chi connectivity index (χ4v) is 5.70. The third kappa shape index (κ3) is 9.25. The fraction of sp³-hybridized carbons (Fsp3) is 0.235. The Labute approximate surface area is 281 Å². The first-order valence-electron chi connectivity index (χ1n) is 14.0. The maximum absolute atomic E-state index is 13.7. The standard InChI is InChI=1S/2C17H16BrF2NO2/c2*1-9-8-11(18)6-7-12(9)16(10(2)22)21-17(23)15-13(19)4-3-5-14(15)20/h2*3-8,10,16,22H,1-2H3,(H,21,23)/t2*10-,16+/m10/s1. The van der Waals surface area contributed by atoms with Crippen molar-refractivity contribution in [2.75, 3.05) is 0 Å². The molecule has 46 heavy (non-hydrogen) atoms. The van der Waals surface area contributed by atoms with Crippen LogP contribution in [0.1, 0.15) is 68.9 Å². The van der Waals surface area contributed by atoms with E-state index in [1.165, 1.54) is 26.0 Å². The molecule has 0 aliphatic carbocycles. The fourth-order valence-electron chi connectivity index (χ4n) is 4.75. The lowest BCUT2D eigenvalue weighted by Crippen LogP contribution is -2.36. The van der Waals surface area contributed by atoms with Crippen molar-refractivity contribution in [1.29, 1.82) is 0 Å². The summed E-state index contributed by atoms with van der Waals surface area (Å²) in [5.41, 5.74) is 1.70. The Morgan fingerprint density at radius 1 is 0.609 bits per heavy atom. The molecular formula is C34H32Br2F4N2O4. The number of aliphatic hydroxyl groups excluding tert-OH is 2. The number of benzene rings is 4. The van der Waals surface area contributed by atoms with Crippen molar-refractivity contribution < 1.29 is 37.4 Å². The highest BCUT2D eigenvalue weighted by atomic mass is 79.9. The summed E-state index contributed by atoms with van der Waals surface area (Å²) < 4.78 is 56.6. The van der Waals surface area contributed by atoms with Gasteiger partial charge in [0, 0.05) is 8.95 Å². The van der Waals surface area contributed by atoms with Crippen molar-refractivity contribution in [3.8, 4) is 0 Å². The molecule has 4 N–H and O–H groups in total. The summed E-state index contributed by atoms with van der Waals surface area (Å²) in [6, 6.07) is 15.6. The van der Waals surface area contributed by atoms with Crippen LogP contribution in [0.4, 0.5) is 17.6 Å². The minimum Gasteiger partial charge on any atom is -0.391 e. The minimum absolute atomic E-state index is 0.659. The third-order valence-electron chi connectivity index (χ3n) is 7.05. The number of aliphatic hydroxyl groups is 2. The molecule has 4 aromatic rings. The largest absolute Gasteiger partial charge is 0.391 e. The van der Waals surface area contributed by atoms with Crippen LogP contribution >= 0.6 is 31.9 Å². The molecule has 0 aliphatic rings.